The molecule has 2 aromatic rings. The number of nitrogens with zero attached hydrogens (tertiary/aromatic N) is 3. The highest BCUT2D eigenvalue weighted by Gasteiger charge is 2.53. The van der Waals surface area contributed by atoms with Crippen molar-refractivity contribution in [1.29, 1.82) is 5.41 Å². The monoisotopic (exact) mass is 666 g/mol. The number of hydrogen-bond acceptors (Lipinski definition) is 9. The summed E-state index contributed by atoms with van der Waals surface area (Å²) in [6, 6.07) is 2.29. The van der Waals surface area contributed by atoms with E-state index in [-0.39, 0.29) is 60.1 Å². The van der Waals surface area contributed by atoms with Crippen LogP contribution in [0.15, 0.2) is 58.3 Å². The molecule has 3 N–H and O–H groups in total. The molecular weight excluding hydrogens is 637 g/mol. The van der Waals surface area contributed by atoms with Gasteiger partial charge in [0.25, 0.3) is 0 Å². The second-order valence-corrected chi connectivity index (χ2v) is 14.8. The van der Waals surface area contributed by atoms with Crippen LogP contribution in [0.3, 0.4) is 0 Å². The zero-order chi connectivity index (χ0) is 31.3. The van der Waals surface area contributed by atoms with Gasteiger partial charge in [-0.05, 0) is 42.4 Å². The highest BCUT2D eigenvalue weighted by molar-refractivity contribution is 7.90. The maximum Gasteiger partial charge on any atom is 0.312 e. The molecule has 3 heterocycles. The lowest BCUT2D eigenvalue weighted by Gasteiger charge is -2.32. The van der Waals surface area contributed by atoms with Gasteiger partial charge in [0.15, 0.2) is 10.8 Å². The number of aromatic nitrogens is 1. The van der Waals surface area contributed by atoms with Gasteiger partial charge in [-0.3, -0.25) is 9.79 Å². The molecule has 44 heavy (non-hydrogen) atoms. The Balaban J connectivity index is 1.40. The van der Waals surface area contributed by atoms with Crippen molar-refractivity contribution in [2.24, 2.45) is 22.7 Å². The standard InChI is InChI=1S/C29H30ClF3N6O3S2/c1-14-8-15-9-18(40)12-20(14)26(15)44(41,42)38-17-11-23-24(22(34)4-5-36-29(32)33)25(19-3-2-16(31)10-21(19)30)37-27(39(23)13-17)28-35-6-7-43-28/h2-7,10,14-15,17,20,25-26,29,34,36,38H,8-9,11-13H2,1H3/b5-4-,34-22?/t14-,15?,17-,20?,25-,26-/m0/s1. The van der Waals surface area contributed by atoms with E-state index in [1.54, 1.807) is 16.5 Å². The molecule has 0 amide bonds. The number of thiazole rings is 1. The van der Waals surface area contributed by atoms with E-state index >= 15 is 0 Å². The van der Waals surface area contributed by atoms with Gasteiger partial charge in [0, 0.05) is 71.5 Å². The third-order valence-corrected chi connectivity index (χ3v) is 12.0. The molecule has 6 atom stereocenters. The molecule has 15 heteroatoms. The molecule has 0 spiro atoms. The fraction of sp³-hybridized carbons (Fsp3) is 0.448. The molecule has 2 saturated carbocycles. The molecule has 6 rings (SSSR count). The summed E-state index contributed by atoms with van der Waals surface area (Å²) in [5, 5.41) is 12.5. The van der Waals surface area contributed by atoms with Gasteiger partial charge >= 0.3 is 6.55 Å². The Morgan fingerprint density at radius 1 is 1.27 bits per heavy atom. The molecular formula is C29H30ClF3N6O3S2. The molecule has 1 aromatic carbocycles. The number of halogens is 4. The second-order valence-electron chi connectivity index (χ2n) is 11.7. The molecule has 2 unspecified atom stereocenters. The van der Waals surface area contributed by atoms with Crippen LogP contribution in [-0.2, 0) is 14.8 Å². The fourth-order valence-electron chi connectivity index (χ4n) is 7.16. The Hall–Kier alpha value is -3.07. The number of hydrogen-bond donors (Lipinski definition) is 3. The number of carbonyl (C=O) groups excluding carboxylic acids is 1. The van der Waals surface area contributed by atoms with Crippen molar-refractivity contribution in [3.05, 3.63) is 74.7 Å². The number of benzene rings is 1. The van der Waals surface area contributed by atoms with Crippen LogP contribution >= 0.6 is 22.9 Å². The average Bonchev–Trinajstić information content (AvgIpc) is 3.65. The van der Waals surface area contributed by atoms with Gasteiger partial charge in [0.05, 0.1) is 11.0 Å². The van der Waals surface area contributed by atoms with Gasteiger partial charge in [-0.25, -0.2) is 22.5 Å². The summed E-state index contributed by atoms with van der Waals surface area (Å²) in [7, 11) is -3.84. The van der Waals surface area contributed by atoms with Crippen molar-refractivity contribution in [3.8, 4) is 0 Å². The van der Waals surface area contributed by atoms with Crippen LogP contribution < -0.4 is 10.0 Å². The summed E-state index contributed by atoms with van der Waals surface area (Å²) in [6.45, 7) is -0.656. The predicted octanol–water partition coefficient (Wildman–Crippen LogP) is 5.03. The number of sulfonamides is 1. The number of alkyl halides is 2. The van der Waals surface area contributed by atoms with Gasteiger partial charge < -0.3 is 15.6 Å². The minimum absolute atomic E-state index is 0.0676. The van der Waals surface area contributed by atoms with Crippen molar-refractivity contribution in [2.45, 2.75) is 56.5 Å². The highest BCUT2D eigenvalue weighted by atomic mass is 35.5. The smallest absolute Gasteiger partial charge is 0.312 e. The minimum Gasteiger partial charge on any atom is -0.336 e. The Morgan fingerprint density at radius 3 is 2.75 bits per heavy atom. The molecule has 1 aromatic heterocycles. The van der Waals surface area contributed by atoms with Crippen LogP contribution in [-0.4, -0.2) is 60.0 Å². The Morgan fingerprint density at radius 2 is 2.07 bits per heavy atom. The highest BCUT2D eigenvalue weighted by Crippen LogP contribution is 2.48. The molecule has 3 fully saturated rings. The Bertz CT molecular complexity index is 1680. The lowest BCUT2D eigenvalue weighted by Crippen LogP contribution is -2.48. The third-order valence-electron chi connectivity index (χ3n) is 8.84. The zero-order valence-corrected chi connectivity index (χ0v) is 25.9. The SMILES string of the molecule is C[C@H]1CC2CC(=O)CC1[C@H]2S(=O)(=O)N[C@H]1CC2=C(C(=N)/C=C\NC(F)F)[C@H](c3ccc(F)cc3Cl)N=C(c3nccs3)N2C1. The van der Waals surface area contributed by atoms with Gasteiger partial charge in [0.2, 0.25) is 10.0 Å². The zero-order valence-electron chi connectivity index (χ0n) is 23.5. The lowest BCUT2D eigenvalue weighted by molar-refractivity contribution is -0.121. The topological polar surface area (TPSA) is 128 Å². The lowest BCUT2D eigenvalue weighted by atomic mass is 9.86. The Kier molecular flexibility index (Phi) is 8.46. The van der Waals surface area contributed by atoms with Gasteiger partial charge in [-0.1, -0.05) is 24.6 Å². The summed E-state index contributed by atoms with van der Waals surface area (Å²) in [5.41, 5.74) is 1.13. The first-order valence-corrected chi connectivity index (χ1v) is 17.0. The summed E-state index contributed by atoms with van der Waals surface area (Å²) >= 11 is 7.80. The van der Waals surface area contributed by atoms with E-state index in [9.17, 15) is 26.4 Å². The van der Waals surface area contributed by atoms with Crippen molar-refractivity contribution < 1.29 is 26.4 Å². The molecule has 9 nitrogen and oxygen atoms in total. The number of fused-ring (bicyclic) bond motifs is 3. The fourth-order valence-corrected chi connectivity index (χ4v) is 10.4. The van der Waals surface area contributed by atoms with E-state index in [2.05, 4.69) is 9.71 Å². The molecule has 2 aliphatic heterocycles. The maximum atomic E-state index is 14.0. The number of Topliss-reactive ketones (excluding diaryl/α,β-unsaturated/α-hetero) is 1. The number of allylic oxidation sites excluding steroid dienone is 1. The predicted molar refractivity (Wildman–Crippen MR) is 162 cm³/mol. The largest absolute Gasteiger partial charge is 0.336 e. The first-order chi connectivity index (χ1) is 20.9. The maximum absolute atomic E-state index is 14.0. The third kappa shape index (κ3) is 5.84. The van der Waals surface area contributed by atoms with Gasteiger partial charge in [-0.15, -0.1) is 11.3 Å². The summed E-state index contributed by atoms with van der Waals surface area (Å²) in [6.07, 6.45) is 5.12. The Labute approximate surface area is 261 Å². The summed E-state index contributed by atoms with van der Waals surface area (Å²) in [5.74, 6) is -0.373. The van der Waals surface area contributed by atoms with E-state index in [4.69, 9.17) is 22.0 Å². The van der Waals surface area contributed by atoms with Crippen molar-refractivity contribution >= 4 is 50.3 Å². The van der Waals surface area contributed by atoms with Crippen LogP contribution in [0.4, 0.5) is 13.2 Å². The van der Waals surface area contributed by atoms with Crippen molar-refractivity contribution in [1.82, 2.24) is 19.9 Å². The van der Waals surface area contributed by atoms with E-state index in [0.29, 0.717) is 34.1 Å². The number of nitrogens with one attached hydrogen (secondary N) is 3. The van der Waals surface area contributed by atoms with E-state index in [0.717, 1.165) is 12.3 Å². The molecule has 2 bridgehead atoms. The summed E-state index contributed by atoms with van der Waals surface area (Å²) in [4.78, 5) is 23.4. The summed E-state index contributed by atoms with van der Waals surface area (Å²) < 4.78 is 70.3. The van der Waals surface area contributed by atoms with Crippen LogP contribution in [0, 0.1) is 29.0 Å². The van der Waals surface area contributed by atoms with Gasteiger partial charge in [-0.2, -0.15) is 8.78 Å². The quantitative estimate of drug-likeness (QED) is 0.254. The van der Waals surface area contributed by atoms with E-state index in [1.807, 2.05) is 12.2 Å². The van der Waals surface area contributed by atoms with E-state index < -0.39 is 39.7 Å². The van der Waals surface area contributed by atoms with Crippen LogP contribution in [0.5, 0.6) is 0 Å². The second kappa shape index (κ2) is 12.0. The molecule has 1 saturated heterocycles. The first-order valence-electron chi connectivity index (χ1n) is 14.2. The molecule has 4 aliphatic rings. The molecule has 0 radical (unpaired) electrons. The number of carbonyl (C=O) groups is 1. The molecule has 234 valence electrons. The number of rotatable bonds is 9. The number of amidine groups is 1. The number of aliphatic imine (C=N–C) groups is 1. The van der Waals surface area contributed by atoms with Crippen LogP contribution in [0.1, 0.15) is 49.2 Å². The normalized spacial score (nSPS) is 28.6. The first kappa shape index (κ1) is 30.9. The van der Waals surface area contributed by atoms with E-state index in [1.165, 1.54) is 29.5 Å². The van der Waals surface area contributed by atoms with Crippen LogP contribution in [0.25, 0.3) is 0 Å². The minimum atomic E-state index is -3.84. The molecule has 2 aliphatic carbocycles. The van der Waals surface area contributed by atoms with Crippen LogP contribution in [0.2, 0.25) is 5.02 Å². The average molecular weight is 667 g/mol. The van der Waals surface area contributed by atoms with Crippen molar-refractivity contribution in [2.75, 3.05) is 6.54 Å². The van der Waals surface area contributed by atoms with Crippen molar-refractivity contribution in [3.63, 3.8) is 0 Å². The number of ketones is 1. The van der Waals surface area contributed by atoms with Gasteiger partial charge in [0.1, 0.15) is 17.6 Å².